The molecule has 2 aromatic rings. The minimum Gasteiger partial charge on any atom is -0.452 e. The first-order valence-corrected chi connectivity index (χ1v) is 8.93. The summed E-state index contributed by atoms with van der Waals surface area (Å²) >= 11 is 0. The maximum atomic E-state index is 12.4. The van der Waals surface area contributed by atoms with E-state index in [1.165, 1.54) is 36.5 Å². The number of hydrogen-bond donors (Lipinski definition) is 0. The summed E-state index contributed by atoms with van der Waals surface area (Å²) in [4.78, 5) is 15.0. The highest BCUT2D eigenvalue weighted by molar-refractivity contribution is 5.98. The molecule has 2 heterocycles. The minimum atomic E-state index is -0.351. The van der Waals surface area contributed by atoms with Crippen molar-refractivity contribution in [2.45, 2.75) is 31.2 Å². The zero-order valence-electron chi connectivity index (χ0n) is 14.7. The second-order valence-corrected chi connectivity index (χ2v) is 6.92. The second-order valence-electron chi connectivity index (χ2n) is 6.92. The number of methoxy groups -OCH3 is 1. The molecule has 0 spiro atoms. The van der Waals surface area contributed by atoms with Crippen LogP contribution in [0, 0.1) is 0 Å². The number of carbonyl (C=O) groups is 1. The van der Waals surface area contributed by atoms with E-state index in [0.29, 0.717) is 12.0 Å². The van der Waals surface area contributed by atoms with Crippen molar-refractivity contribution in [1.82, 2.24) is 9.47 Å². The number of aromatic nitrogens is 1. The van der Waals surface area contributed by atoms with Crippen molar-refractivity contribution in [3.8, 4) is 0 Å². The lowest BCUT2D eigenvalue weighted by atomic mass is 9.74. The van der Waals surface area contributed by atoms with Gasteiger partial charge < -0.3 is 4.74 Å². The van der Waals surface area contributed by atoms with Crippen LogP contribution in [0.1, 0.15) is 35.6 Å². The lowest BCUT2D eigenvalue weighted by Crippen LogP contribution is -2.46. The Morgan fingerprint density at radius 1 is 1.40 bits per heavy atom. The quantitative estimate of drug-likeness (QED) is 0.788. The Morgan fingerprint density at radius 2 is 2.24 bits per heavy atom. The molecule has 130 valence electrons. The van der Waals surface area contributed by atoms with Crippen molar-refractivity contribution >= 4 is 23.1 Å². The lowest BCUT2D eigenvalue weighted by molar-refractivity contribution is 0.139. The summed E-state index contributed by atoms with van der Waals surface area (Å²) in [7, 11) is 1.43. The molecule has 2 aliphatic rings. The van der Waals surface area contributed by atoms with Crippen molar-refractivity contribution in [2.24, 2.45) is 0 Å². The van der Waals surface area contributed by atoms with Crippen molar-refractivity contribution in [3.63, 3.8) is 0 Å². The SMILES string of the molecule is C=CCN1CCC[C@@H]2c3cccc4c3c(c(C=C)n4C(=O)OC)C[C@H]21. The summed E-state index contributed by atoms with van der Waals surface area (Å²) in [5.74, 6) is 0.510. The number of likely N-dealkylation sites (tertiary alicyclic amines) is 1. The molecule has 1 aliphatic heterocycles. The molecule has 0 saturated carbocycles. The van der Waals surface area contributed by atoms with Crippen LogP contribution in [-0.4, -0.2) is 41.8 Å². The molecular formula is C21H24N2O2. The van der Waals surface area contributed by atoms with Gasteiger partial charge in [-0.3, -0.25) is 4.90 Å². The Balaban J connectivity index is 1.96. The summed E-state index contributed by atoms with van der Waals surface area (Å²) < 4.78 is 6.71. The summed E-state index contributed by atoms with van der Waals surface area (Å²) in [6.07, 6.45) is 6.77. The normalized spacial score (nSPS) is 22.4. The first-order chi connectivity index (χ1) is 12.2. The Kier molecular flexibility index (Phi) is 4.00. The highest BCUT2D eigenvalue weighted by Gasteiger charge is 2.39. The first-order valence-electron chi connectivity index (χ1n) is 8.93. The molecule has 1 aliphatic carbocycles. The standard InChI is InChI=1S/C21H24N2O2/c1-4-11-22-12-7-9-14-15-8-6-10-18-20(15)16(13-19(14)22)17(5-2)23(18)21(24)25-3/h4-6,8,10,14,19H,1-2,7,9,11-13H2,3H3/t14-,19-/m1/s1. The van der Waals surface area contributed by atoms with E-state index in [-0.39, 0.29) is 6.09 Å². The van der Waals surface area contributed by atoms with Gasteiger partial charge in [0.05, 0.1) is 18.3 Å². The number of benzene rings is 1. The molecule has 25 heavy (non-hydrogen) atoms. The zero-order valence-corrected chi connectivity index (χ0v) is 14.7. The molecule has 1 fully saturated rings. The molecule has 0 unspecified atom stereocenters. The fraction of sp³-hybridized carbons (Fsp3) is 0.381. The molecule has 4 heteroatoms. The van der Waals surface area contributed by atoms with Crippen LogP contribution in [0.15, 0.2) is 37.4 Å². The predicted molar refractivity (Wildman–Crippen MR) is 101 cm³/mol. The Labute approximate surface area is 148 Å². The average Bonchev–Trinajstić information content (AvgIpc) is 2.97. The molecule has 4 rings (SSSR count). The van der Waals surface area contributed by atoms with Gasteiger partial charge in [0, 0.05) is 23.9 Å². The van der Waals surface area contributed by atoms with Crippen LogP contribution in [-0.2, 0) is 11.2 Å². The van der Waals surface area contributed by atoms with Gasteiger partial charge in [0.2, 0.25) is 0 Å². The third-order valence-corrected chi connectivity index (χ3v) is 5.79. The van der Waals surface area contributed by atoms with Gasteiger partial charge in [-0.2, -0.15) is 0 Å². The Morgan fingerprint density at radius 3 is 2.96 bits per heavy atom. The number of rotatable bonds is 3. The molecule has 0 bridgehead atoms. The topological polar surface area (TPSA) is 34.5 Å². The van der Waals surface area contributed by atoms with Crippen molar-refractivity contribution < 1.29 is 9.53 Å². The van der Waals surface area contributed by atoms with Crippen LogP contribution >= 0.6 is 0 Å². The molecule has 0 amide bonds. The third kappa shape index (κ3) is 2.28. The van der Waals surface area contributed by atoms with Gasteiger partial charge in [0.15, 0.2) is 0 Å². The van der Waals surface area contributed by atoms with E-state index in [0.717, 1.165) is 30.7 Å². The first kappa shape index (κ1) is 16.2. The Bertz CT molecular complexity index is 864. The van der Waals surface area contributed by atoms with Gasteiger partial charge in [0.1, 0.15) is 0 Å². The lowest BCUT2D eigenvalue weighted by Gasteiger charge is -2.44. The van der Waals surface area contributed by atoms with Crippen molar-refractivity contribution in [2.75, 3.05) is 20.2 Å². The van der Waals surface area contributed by atoms with Gasteiger partial charge in [-0.1, -0.05) is 24.8 Å². The van der Waals surface area contributed by atoms with Crippen molar-refractivity contribution in [3.05, 3.63) is 54.3 Å². The molecule has 2 atom stereocenters. The number of nitrogens with zero attached hydrogens (tertiary/aromatic N) is 2. The molecule has 0 N–H and O–H groups in total. The minimum absolute atomic E-state index is 0.351. The molecule has 1 aromatic heterocycles. The number of piperidine rings is 1. The number of ether oxygens (including phenoxy) is 1. The van der Waals surface area contributed by atoms with E-state index >= 15 is 0 Å². The molecule has 4 nitrogen and oxygen atoms in total. The largest absolute Gasteiger partial charge is 0.452 e. The molecule has 0 radical (unpaired) electrons. The number of carbonyl (C=O) groups excluding carboxylic acids is 1. The third-order valence-electron chi connectivity index (χ3n) is 5.79. The summed E-state index contributed by atoms with van der Waals surface area (Å²) in [5.41, 5.74) is 4.40. The van der Waals surface area contributed by atoms with Gasteiger partial charge >= 0.3 is 6.09 Å². The summed E-state index contributed by atoms with van der Waals surface area (Å²) in [6, 6.07) is 6.76. The van der Waals surface area contributed by atoms with Gasteiger partial charge in [0.25, 0.3) is 0 Å². The average molecular weight is 336 g/mol. The van der Waals surface area contributed by atoms with Crippen LogP contribution in [0.25, 0.3) is 17.0 Å². The Hall–Kier alpha value is -2.33. The van der Waals surface area contributed by atoms with E-state index in [1.807, 2.05) is 12.1 Å². The van der Waals surface area contributed by atoms with Crippen LogP contribution < -0.4 is 0 Å². The van der Waals surface area contributed by atoms with Gasteiger partial charge in [-0.05, 0) is 49.1 Å². The zero-order chi connectivity index (χ0) is 17.6. The smallest absolute Gasteiger partial charge is 0.418 e. The highest BCUT2D eigenvalue weighted by atomic mass is 16.5. The monoisotopic (exact) mass is 336 g/mol. The van der Waals surface area contributed by atoms with Gasteiger partial charge in [-0.15, -0.1) is 6.58 Å². The second kappa shape index (κ2) is 6.19. The maximum Gasteiger partial charge on any atom is 0.418 e. The van der Waals surface area contributed by atoms with Crippen LogP contribution in [0.5, 0.6) is 0 Å². The van der Waals surface area contributed by atoms with E-state index in [1.54, 1.807) is 10.6 Å². The molecular weight excluding hydrogens is 312 g/mol. The van der Waals surface area contributed by atoms with E-state index in [9.17, 15) is 4.79 Å². The fourth-order valence-corrected chi connectivity index (χ4v) is 4.85. The number of hydrogen-bond acceptors (Lipinski definition) is 3. The molecule has 1 aromatic carbocycles. The predicted octanol–water partition coefficient (Wildman–Crippen LogP) is 4.19. The maximum absolute atomic E-state index is 12.4. The van der Waals surface area contributed by atoms with Crippen LogP contribution in [0.4, 0.5) is 4.79 Å². The fourth-order valence-electron chi connectivity index (χ4n) is 4.85. The summed E-state index contributed by atoms with van der Waals surface area (Å²) in [5, 5.41) is 1.23. The molecule has 1 saturated heterocycles. The van der Waals surface area contributed by atoms with Crippen LogP contribution in [0.3, 0.4) is 0 Å². The van der Waals surface area contributed by atoms with Crippen molar-refractivity contribution in [1.29, 1.82) is 0 Å². The van der Waals surface area contributed by atoms with E-state index in [2.05, 4.69) is 30.2 Å². The van der Waals surface area contributed by atoms with Gasteiger partial charge in [-0.25, -0.2) is 9.36 Å². The van der Waals surface area contributed by atoms with Crippen LogP contribution in [0.2, 0.25) is 0 Å². The number of fused-ring (bicyclic) bond motifs is 2. The van der Waals surface area contributed by atoms with E-state index in [4.69, 9.17) is 4.74 Å². The summed E-state index contributed by atoms with van der Waals surface area (Å²) in [6.45, 7) is 9.91. The highest BCUT2D eigenvalue weighted by Crippen LogP contribution is 2.45. The van der Waals surface area contributed by atoms with E-state index < -0.39 is 0 Å².